The number of esters is 1. The minimum atomic E-state index is -0.381. The standard InChI is InChI=1S/C30H24N2O3/c1-20-11-13-21(14-12-20)26-19-27-25-9-5-6-10-28(25)35-29(32(27)31-26)22-15-17-24(18-16-22)34-30(33)23-7-3-2-4-8-23/h2-18,27,29H,19H2,1H3/t27-,29-/m1/s1. The first kappa shape index (κ1) is 21.2. The van der Waals surface area contributed by atoms with Gasteiger partial charge >= 0.3 is 5.97 Å². The number of benzene rings is 4. The smallest absolute Gasteiger partial charge is 0.343 e. The molecule has 0 N–H and O–H groups in total. The topological polar surface area (TPSA) is 51.1 Å². The third-order valence-electron chi connectivity index (χ3n) is 6.47. The second-order valence-corrected chi connectivity index (χ2v) is 8.85. The van der Waals surface area contributed by atoms with E-state index in [4.69, 9.17) is 14.6 Å². The Morgan fingerprint density at radius 2 is 1.60 bits per heavy atom. The molecule has 2 aliphatic rings. The van der Waals surface area contributed by atoms with E-state index in [1.54, 1.807) is 24.3 Å². The van der Waals surface area contributed by atoms with Crippen molar-refractivity contribution in [1.29, 1.82) is 0 Å². The van der Waals surface area contributed by atoms with Gasteiger partial charge < -0.3 is 9.47 Å². The van der Waals surface area contributed by atoms with Crippen LogP contribution in [0.4, 0.5) is 0 Å². The molecule has 0 bridgehead atoms. The lowest BCUT2D eigenvalue weighted by atomic mass is 9.95. The Bertz CT molecular complexity index is 1400. The van der Waals surface area contributed by atoms with Gasteiger partial charge in [0.05, 0.1) is 17.3 Å². The summed E-state index contributed by atoms with van der Waals surface area (Å²) in [5.41, 5.74) is 6.01. The molecule has 0 radical (unpaired) electrons. The summed E-state index contributed by atoms with van der Waals surface area (Å²) in [6.45, 7) is 2.09. The van der Waals surface area contributed by atoms with Crippen molar-refractivity contribution in [3.63, 3.8) is 0 Å². The zero-order valence-electron chi connectivity index (χ0n) is 19.3. The van der Waals surface area contributed by atoms with Gasteiger partial charge in [0.15, 0.2) is 0 Å². The van der Waals surface area contributed by atoms with E-state index in [1.807, 2.05) is 48.5 Å². The van der Waals surface area contributed by atoms with Gasteiger partial charge in [-0.1, -0.05) is 66.2 Å². The van der Waals surface area contributed by atoms with Crippen LogP contribution in [0, 0.1) is 6.92 Å². The molecule has 5 nitrogen and oxygen atoms in total. The van der Waals surface area contributed by atoms with Crippen LogP contribution in [-0.4, -0.2) is 16.7 Å². The first-order chi connectivity index (χ1) is 17.2. The summed E-state index contributed by atoms with van der Waals surface area (Å²) >= 11 is 0. The van der Waals surface area contributed by atoms with Gasteiger partial charge in [0.2, 0.25) is 6.23 Å². The first-order valence-electron chi connectivity index (χ1n) is 11.7. The number of carbonyl (C=O) groups excluding carboxylic acids is 1. The summed E-state index contributed by atoms with van der Waals surface area (Å²) in [4.78, 5) is 12.4. The van der Waals surface area contributed by atoms with E-state index in [-0.39, 0.29) is 18.2 Å². The summed E-state index contributed by atoms with van der Waals surface area (Å²) in [5, 5.41) is 7.07. The van der Waals surface area contributed by atoms with Crippen molar-refractivity contribution >= 4 is 11.7 Å². The van der Waals surface area contributed by atoms with Crippen molar-refractivity contribution in [1.82, 2.24) is 5.01 Å². The van der Waals surface area contributed by atoms with Crippen LogP contribution in [0.25, 0.3) is 0 Å². The molecule has 0 aromatic heterocycles. The number of aryl methyl sites for hydroxylation is 1. The predicted molar refractivity (Wildman–Crippen MR) is 135 cm³/mol. The molecule has 0 spiro atoms. The number of hydrogen-bond acceptors (Lipinski definition) is 5. The maximum Gasteiger partial charge on any atom is 0.343 e. The molecule has 5 heteroatoms. The molecular weight excluding hydrogens is 436 g/mol. The molecule has 172 valence electrons. The van der Waals surface area contributed by atoms with E-state index >= 15 is 0 Å². The minimum Gasteiger partial charge on any atom is -0.464 e. The van der Waals surface area contributed by atoms with E-state index in [0.717, 1.165) is 34.6 Å². The van der Waals surface area contributed by atoms with E-state index < -0.39 is 0 Å². The third kappa shape index (κ3) is 4.06. The molecule has 0 aliphatic carbocycles. The Morgan fingerprint density at radius 1 is 0.886 bits per heavy atom. The number of ether oxygens (including phenoxy) is 2. The maximum atomic E-state index is 12.4. The van der Waals surface area contributed by atoms with Crippen LogP contribution in [0.1, 0.15) is 51.3 Å². The third-order valence-corrected chi connectivity index (χ3v) is 6.47. The zero-order chi connectivity index (χ0) is 23.8. The molecule has 2 atom stereocenters. The second-order valence-electron chi connectivity index (χ2n) is 8.85. The van der Waals surface area contributed by atoms with Crippen molar-refractivity contribution in [2.45, 2.75) is 25.6 Å². The normalized spacial score (nSPS) is 18.2. The van der Waals surface area contributed by atoms with Gasteiger partial charge in [-0.15, -0.1) is 0 Å². The molecule has 4 aromatic rings. The Kier molecular flexibility index (Phi) is 5.30. The number of nitrogens with zero attached hydrogens (tertiary/aromatic N) is 2. The van der Waals surface area contributed by atoms with Gasteiger partial charge in [-0.2, -0.15) is 5.10 Å². The molecule has 4 aromatic carbocycles. The highest BCUT2D eigenvalue weighted by Gasteiger charge is 2.40. The van der Waals surface area contributed by atoms with Gasteiger partial charge in [0, 0.05) is 17.5 Å². The molecule has 6 rings (SSSR count). The summed E-state index contributed by atoms with van der Waals surface area (Å²) in [5.74, 6) is 0.979. The fourth-order valence-electron chi connectivity index (χ4n) is 4.62. The second kappa shape index (κ2) is 8.76. The SMILES string of the molecule is Cc1ccc(C2=NN3[C@H](C2)c2ccccc2O[C@@H]3c2ccc(OC(=O)c3ccccc3)cc2)cc1. The molecule has 0 saturated carbocycles. The molecule has 2 heterocycles. The van der Waals surface area contributed by atoms with Gasteiger partial charge in [-0.3, -0.25) is 0 Å². The predicted octanol–water partition coefficient (Wildman–Crippen LogP) is 6.46. The van der Waals surface area contributed by atoms with Crippen molar-refractivity contribution in [3.8, 4) is 11.5 Å². The number of carbonyl (C=O) groups is 1. The van der Waals surface area contributed by atoms with E-state index in [2.05, 4.69) is 42.3 Å². The highest BCUT2D eigenvalue weighted by atomic mass is 16.5. The van der Waals surface area contributed by atoms with Crippen LogP contribution < -0.4 is 9.47 Å². The van der Waals surface area contributed by atoms with Crippen molar-refractivity contribution < 1.29 is 14.3 Å². The van der Waals surface area contributed by atoms with Crippen LogP contribution in [0.2, 0.25) is 0 Å². The highest BCUT2D eigenvalue weighted by molar-refractivity contribution is 6.02. The number of hydrogen-bond donors (Lipinski definition) is 0. The van der Waals surface area contributed by atoms with Crippen LogP contribution in [0.15, 0.2) is 108 Å². The fourth-order valence-corrected chi connectivity index (χ4v) is 4.62. The summed E-state index contributed by atoms with van der Waals surface area (Å²) < 4.78 is 12.0. The Morgan fingerprint density at radius 3 is 2.37 bits per heavy atom. The van der Waals surface area contributed by atoms with Crippen molar-refractivity contribution in [2.75, 3.05) is 0 Å². The monoisotopic (exact) mass is 460 g/mol. The van der Waals surface area contributed by atoms with Crippen LogP contribution in [-0.2, 0) is 0 Å². The fraction of sp³-hybridized carbons (Fsp3) is 0.133. The van der Waals surface area contributed by atoms with Crippen molar-refractivity contribution in [2.24, 2.45) is 5.10 Å². The van der Waals surface area contributed by atoms with E-state index in [9.17, 15) is 4.79 Å². The highest BCUT2D eigenvalue weighted by Crippen LogP contribution is 2.47. The van der Waals surface area contributed by atoms with Gasteiger partial charge in [-0.25, -0.2) is 9.80 Å². The van der Waals surface area contributed by atoms with Crippen molar-refractivity contribution in [3.05, 3.63) is 131 Å². The van der Waals surface area contributed by atoms with Crippen LogP contribution in [0.5, 0.6) is 11.5 Å². The van der Waals surface area contributed by atoms with Crippen LogP contribution >= 0.6 is 0 Å². The Balaban J connectivity index is 1.29. The van der Waals surface area contributed by atoms with Gasteiger partial charge in [-0.05, 0) is 55.0 Å². The number of fused-ring (bicyclic) bond motifs is 3. The molecule has 35 heavy (non-hydrogen) atoms. The lowest BCUT2D eigenvalue weighted by Crippen LogP contribution is -2.33. The minimum absolute atomic E-state index is 0.0943. The lowest BCUT2D eigenvalue weighted by molar-refractivity contribution is -0.0190. The average molecular weight is 461 g/mol. The molecule has 0 unspecified atom stereocenters. The molecule has 0 amide bonds. The Hall–Kier alpha value is -4.38. The molecular formula is C30H24N2O3. The van der Waals surface area contributed by atoms with Crippen LogP contribution in [0.3, 0.4) is 0 Å². The number of para-hydroxylation sites is 1. The average Bonchev–Trinajstić information content (AvgIpc) is 3.35. The summed E-state index contributed by atoms with van der Waals surface area (Å²) in [6.07, 6.45) is 0.434. The molecule has 0 fully saturated rings. The largest absolute Gasteiger partial charge is 0.464 e. The summed E-state index contributed by atoms with van der Waals surface area (Å²) in [6, 6.07) is 33.2. The maximum absolute atomic E-state index is 12.4. The summed E-state index contributed by atoms with van der Waals surface area (Å²) in [7, 11) is 0. The number of rotatable bonds is 4. The Labute approximate surface area is 204 Å². The van der Waals surface area contributed by atoms with E-state index in [0.29, 0.717) is 11.3 Å². The first-order valence-corrected chi connectivity index (χ1v) is 11.7. The molecule has 0 saturated heterocycles. The lowest BCUT2D eigenvalue weighted by Gasteiger charge is -2.38. The van der Waals surface area contributed by atoms with Gasteiger partial charge in [0.1, 0.15) is 11.5 Å². The van der Waals surface area contributed by atoms with Gasteiger partial charge in [0.25, 0.3) is 0 Å². The quantitative estimate of drug-likeness (QED) is 0.259. The zero-order valence-corrected chi connectivity index (χ0v) is 19.3. The molecule has 2 aliphatic heterocycles. The number of hydrazone groups is 1. The van der Waals surface area contributed by atoms with E-state index in [1.165, 1.54) is 5.56 Å².